The van der Waals surface area contributed by atoms with Gasteiger partial charge in [-0.05, 0) is 27.7 Å². The molecule has 0 fully saturated rings. The van der Waals surface area contributed by atoms with Crippen LogP contribution >= 0.6 is 0 Å². The fourth-order valence-electron chi connectivity index (χ4n) is 0.883. The number of carbonyl (C=O) groups is 2. The number of aliphatic carboxylic acids is 1. The van der Waals surface area contributed by atoms with Crippen molar-refractivity contribution in [1.82, 2.24) is 10.6 Å². The fourth-order valence-corrected chi connectivity index (χ4v) is 0.883. The summed E-state index contributed by atoms with van der Waals surface area (Å²) < 4.78 is 0. The lowest BCUT2D eigenvalue weighted by atomic mass is 9.74. The molecule has 0 aromatic rings. The molecule has 0 radical (unpaired) electrons. The van der Waals surface area contributed by atoms with E-state index in [9.17, 15) is 9.59 Å². The van der Waals surface area contributed by atoms with Gasteiger partial charge in [0.15, 0.2) is 0 Å². The highest BCUT2D eigenvalue weighted by molar-refractivity contribution is 5.79. The number of hydrogen-bond donors (Lipinski definition) is 3. The molecule has 0 aliphatic carbocycles. The van der Waals surface area contributed by atoms with Crippen LogP contribution in [0.4, 0.5) is 4.79 Å². The predicted octanol–water partition coefficient (Wildman–Crippen LogP) is 0.808. The largest absolute Gasteiger partial charge is 0.481 e. The number of carbonyl (C=O) groups excluding carboxylic acids is 1. The molecule has 0 aromatic carbocycles. The Morgan fingerprint density at radius 1 is 1.31 bits per heavy atom. The number of carboxylic acid groups (broad SMARTS) is 1. The van der Waals surface area contributed by atoms with Gasteiger partial charge >= 0.3 is 12.0 Å². The third-order valence-corrected chi connectivity index (χ3v) is 2.87. The number of carboxylic acids is 1. The second kappa shape index (κ2) is 4.88. The van der Waals surface area contributed by atoms with Crippen LogP contribution in [0, 0.1) is 17.8 Å². The topological polar surface area (TPSA) is 78.4 Å². The van der Waals surface area contributed by atoms with Gasteiger partial charge in [-0.3, -0.25) is 4.79 Å². The molecule has 0 aliphatic heterocycles. The van der Waals surface area contributed by atoms with E-state index in [0.717, 1.165) is 0 Å². The summed E-state index contributed by atoms with van der Waals surface area (Å²) >= 11 is 0. The Bertz CT molecular complexity index is 327. The van der Waals surface area contributed by atoms with E-state index in [-0.39, 0.29) is 6.54 Å². The van der Waals surface area contributed by atoms with Gasteiger partial charge in [-0.25, -0.2) is 4.79 Å². The zero-order valence-corrected chi connectivity index (χ0v) is 10.0. The molecule has 16 heavy (non-hydrogen) atoms. The van der Waals surface area contributed by atoms with Gasteiger partial charge in [-0.1, -0.05) is 5.92 Å². The van der Waals surface area contributed by atoms with E-state index in [2.05, 4.69) is 16.6 Å². The number of urea groups is 1. The average Bonchev–Trinajstić information content (AvgIpc) is 2.13. The van der Waals surface area contributed by atoms with Crippen molar-refractivity contribution in [3.63, 3.8) is 0 Å². The Kier molecular flexibility index (Phi) is 4.36. The van der Waals surface area contributed by atoms with Crippen molar-refractivity contribution in [1.29, 1.82) is 0 Å². The second-order valence-corrected chi connectivity index (χ2v) is 4.57. The molecule has 5 heteroatoms. The minimum absolute atomic E-state index is 0.107. The molecule has 0 saturated carbocycles. The third-order valence-electron chi connectivity index (χ3n) is 2.87. The first kappa shape index (κ1) is 14.3. The summed E-state index contributed by atoms with van der Waals surface area (Å²) in [7, 11) is 0. The highest BCUT2D eigenvalue weighted by Gasteiger charge is 2.44. The number of amides is 2. The molecule has 3 N–H and O–H groups in total. The lowest BCUT2D eigenvalue weighted by Gasteiger charge is -2.38. The SMILES string of the molecule is C#CCNC(=O)NC(C)(C)C(C)(C)C(=O)O. The molecule has 2 amide bonds. The highest BCUT2D eigenvalue weighted by atomic mass is 16.4. The molecule has 0 aromatic heterocycles. The van der Waals surface area contributed by atoms with Crippen molar-refractivity contribution >= 4 is 12.0 Å². The predicted molar refractivity (Wildman–Crippen MR) is 60.9 cm³/mol. The van der Waals surface area contributed by atoms with E-state index in [1.807, 2.05) is 0 Å². The first-order chi connectivity index (χ1) is 7.15. The Balaban J connectivity index is 4.64. The lowest BCUT2D eigenvalue weighted by Crippen LogP contribution is -2.59. The quantitative estimate of drug-likeness (QED) is 0.621. The molecule has 90 valence electrons. The van der Waals surface area contributed by atoms with E-state index in [0.29, 0.717) is 0 Å². The Morgan fingerprint density at radius 3 is 2.19 bits per heavy atom. The summed E-state index contributed by atoms with van der Waals surface area (Å²) in [6.45, 7) is 6.51. The highest BCUT2D eigenvalue weighted by Crippen LogP contribution is 2.30. The van der Waals surface area contributed by atoms with Crippen molar-refractivity contribution in [2.75, 3.05) is 6.54 Å². The Morgan fingerprint density at radius 2 is 1.81 bits per heavy atom. The normalized spacial score (nSPS) is 11.4. The van der Waals surface area contributed by atoms with Crippen LogP contribution in [0.5, 0.6) is 0 Å². The van der Waals surface area contributed by atoms with Gasteiger partial charge in [0.2, 0.25) is 0 Å². The molecule has 0 bridgehead atoms. The minimum atomic E-state index is -1.08. The first-order valence-corrected chi connectivity index (χ1v) is 4.88. The van der Waals surface area contributed by atoms with Crippen LogP contribution in [-0.2, 0) is 4.79 Å². The van der Waals surface area contributed by atoms with Gasteiger partial charge in [0.25, 0.3) is 0 Å². The number of hydrogen-bond acceptors (Lipinski definition) is 2. The van der Waals surface area contributed by atoms with E-state index in [1.54, 1.807) is 27.7 Å². The van der Waals surface area contributed by atoms with Crippen molar-refractivity contribution in [2.24, 2.45) is 5.41 Å². The van der Waals surface area contributed by atoms with Crippen LogP contribution in [-0.4, -0.2) is 29.2 Å². The molecule has 0 heterocycles. The summed E-state index contributed by atoms with van der Waals surface area (Å²) in [5, 5.41) is 14.1. The number of nitrogens with one attached hydrogen (secondary N) is 2. The standard InChI is InChI=1S/C11H18N2O3/c1-6-7-12-9(16)13-11(4,5)10(2,3)8(14)15/h1H,7H2,2-5H3,(H,14,15)(H2,12,13,16). The second-order valence-electron chi connectivity index (χ2n) is 4.57. The van der Waals surface area contributed by atoms with Gasteiger partial charge < -0.3 is 15.7 Å². The summed E-state index contributed by atoms with van der Waals surface area (Å²) in [5.74, 6) is 1.28. The van der Waals surface area contributed by atoms with E-state index < -0.39 is 23.0 Å². The van der Waals surface area contributed by atoms with Gasteiger partial charge in [0, 0.05) is 0 Å². The van der Waals surface area contributed by atoms with Crippen LogP contribution < -0.4 is 10.6 Å². The van der Waals surface area contributed by atoms with Crippen molar-refractivity contribution in [2.45, 2.75) is 33.2 Å². The molecule has 0 rings (SSSR count). The van der Waals surface area contributed by atoms with Crippen LogP contribution in [0.25, 0.3) is 0 Å². The van der Waals surface area contributed by atoms with Crippen molar-refractivity contribution < 1.29 is 14.7 Å². The fraction of sp³-hybridized carbons (Fsp3) is 0.636. The summed E-state index contributed by atoms with van der Waals surface area (Å²) in [6.07, 6.45) is 4.99. The summed E-state index contributed by atoms with van der Waals surface area (Å²) in [6, 6.07) is -0.475. The maximum absolute atomic E-state index is 11.4. The molecule has 0 aliphatic rings. The maximum atomic E-state index is 11.4. The van der Waals surface area contributed by atoms with E-state index >= 15 is 0 Å². The molecule has 5 nitrogen and oxygen atoms in total. The summed E-state index contributed by atoms with van der Waals surface area (Å²) in [4.78, 5) is 22.4. The smallest absolute Gasteiger partial charge is 0.315 e. The van der Waals surface area contributed by atoms with Crippen LogP contribution in [0.2, 0.25) is 0 Å². The van der Waals surface area contributed by atoms with Gasteiger partial charge in [-0.2, -0.15) is 0 Å². The number of rotatable bonds is 4. The van der Waals surface area contributed by atoms with Crippen LogP contribution in [0.1, 0.15) is 27.7 Å². The van der Waals surface area contributed by atoms with Crippen molar-refractivity contribution in [3.05, 3.63) is 0 Å². The molecular weight excluding hydrogens is 208 g/mol. The zero-order valence-electron chi connectivity index (χ0n) is 10.0. The van der Waals surface area contributed by atoms with E-state index in [1.165, 1.54) is 0 Å². The zero-order chi connectivity index (χ0) is 13.0. The van der Waals surface area contributed by atoms with Gasteiger partial charge in [0.1, 0.15) is 0 Å². The minimum Gasteiger partial charge on any atom is -0.481 e. The first-order valence-electron chi connectivity index (χ1n) is 4.88. The summed E-state index contributed by atoms with van der Waals surface area (Å²) in [5.41, 5.74) is -1.97. The van der Waals surface area contributed by atoms with Gasteiger partial charge in [-0.15, -0.1) is 6.42 Å². The average molecular weight is 226 g/mol. The van der Waals surface area contributed by atoms with Crippen LogP contribution in [0.3, 0.4) is 0 Å². The van der Waals surface area contributed by atoms with E-state index in [4.69, 9.17) is 11.5 Å². The molecule has 0 atom stereocenters. The lowest BCUT2D eigenvalue weighted by molar-refractivity contribution is -0.150. The van der Waals surface area contributed by atoms with Crippen LogP contribution in [0.15, 0.2) is 0 Å². The Hall–Kier alpha value is -1.70. The molecule has 0 saturated heterocycles. The number of terminal acetylenes is 1. The third kappa shape index (κ3) is 3.16. The molecule has 0 spiro atoms. The Labute approximate surface area is 95.6 Å². The maximum Gasteiger partial charge on any atom is 0.315 e. The van der Waals surface area contributed by atoms with Crippen molar-refractivity contribution in [3.8, 4) is 12.3 Å². The monoisotopic (exact) mass is 226 g/mol. The molecular formula is C11H18N2O3. The van der Waals surface area contributed by atoms with Gasteiger partial charge in [0.05, 0.1) is 17.5 Å². The molecule has 0 unspecified atom stereocenters.